The molecule has 0 spiro atoms. The first-order chi connectivity index (χ1) is 10.8. The molecule has 116 valence electrons. The second kappa shape index (κ2) is 6.27. The Hall–Kier alpha value is -2.58. The van der Waals surface area contributed by atoms with Crippen molar-refractivity contribution in [2.45, 2.75) is 44.9 Å². The van der Waals surface area contributed by atoms with Gasteiger partial charge in [-0.15, -0.1) is 0 Å². The third-order valence-corrected chi connectivity index (χ3v) is 4.46. The van der Waals surface area contributed by atoms with Crippen LogP contribution in [0.1, 0.15) is 56.4 Å². The second-order valence-electron chi connectivity index (χ2n) is 7.29. The first kappa shape index (κ1) is 16.8. The quantitative estimate of drug-likeness (QED) is 0.791. The van der Waals surface area contributed by atoms with Crippen LogP contribution in [0.4, 0.5) is 0 Å². The zero-order valence-corrected chi connectivity index (χ0v) is 14.2. The molecule has 0 unspecified atom stereocenters. The Morgan fingerprint density at radius 1 is 0.783 bits per heavy atom. The molecule has 2 aromatic rings. The minimum atomic E-state index is -0.121. The summed E-state index contributed by atoms with van der Waals surface area (Å²) in [5.74, 6) is 0. The third-order valence-electron chi connectivity index (χ3n) is 4.46. The lowest BCUT2D eigenvalue weighted by atomic mass is 9.68. The van der Waals surface area contributed by atoms with Crippen molar-refractivity contribution in [1.82, 2.24) is 0 Å². The number of benzene rings is 2. The Kier molecular flexibility index (Phi) is 4.57. The van der Waals surface area contributed by atoms with Crippen LogP contribution in [-0.2, 0) is 10.8 Å². The van der Waals surface area contributed by atoms with Crippen LogP contribution in [0.5, 0.6) is 0 Å². The maximum atomic E-state index is 9.37. The Labute approximate surface area is 139 Å². The molecule has 0 aliphatic heterocycles. The highest BCUT2D eigenvalue weighted by Gasteiger charge is 2.32. The predicted octanol–water partition coefficient (Wildman–Crippen LogP) is 5.08. The molecule has 0 radical (unpaired) electrons. The smallest absolute Gasteiger partial charge is 0.0994 e. The Morgan fingerprint density at radius 3 is 1.96 bits per heavy atom. The number of hydrogen-bond acceptors (Lipinski definition) is 2. The summed E-state index contributed by atoms with van der Waals surface area (Å²) in [6.45, 7) is 8.80. The molecule has 2 nitrogen and oxygen atoms in total. The average molecular weight is 302 g/mol. The van der Waals surface area contributed by atoms with E-state index in [0.717, 1.165) is 17.5 Å². The zero-order chi connectivity index (χ0) is 17.1. The van der Waals surface area contributed by atoms with Gasteiger partial charge in [-0.25, -0.2) is 0 Å². The number of nitriles is 2. The van der Waals surface area contributed by atoms with Crippen molar-refractivity contribution in [1.29, 1.82) is 10.5 Å². The summed E-state index contributed by atoms with van der Waals surface area (Å²) in [7, 11) is 0. The number of nitrogens with zero attached hydrogens (tertiary/aromatic N) is 2. The summed E-state index contributed by atoms with van der Waals surface area (Å²) in [5.41, 5.74) is 3.54. The van der Waals surface area contributed by atoms with Crippen LogP contribution in [0.3, 0.4) is 0 Å². The van der Waals surface area contributed by atoms with Gasteiger partial charge in [-0.05, 0) is 46.6 Å². The molecule has 2 aromatic carbocycles. The van der Waals surface area contributed by atoms with Crippen molar-refractivity contribution in [3.8, 4) is 12.1 Å². The van der Waals surface area contributed by atoms with E-state index in [1.54, 1.807) is 0 Å². The lowest BCUT2D eigenvalue weighted by Crippen LogP contribution is -2.30. The normalized spacial score (nSPS) is 11.6. The van der Waals surface area contributed by atoms with Crippen molar-refractivity contribution in [2.24, 2.45) is 0 Å². The van der Waals surface area contributed by atoms with E-state index >= 15 is 0 Å². The van der Waals surface area contributed by atoms with Crippen molar-refractivity contribution in [3.05, 3.63) is 70.8 Å². The van der Waals surface area contributed by atoms with Gasteiger partial charge >= 0.3 is 0 Å². The molecule has 0 amide bonds. The topological polar surface area (TPSA) is 47.6 Å². The van der Waals surface area contributed by atoms with Crippen LogP contribution >= 0.6 is 0 Å². The van der Waals surface area contributed by atoms with Gasteiger partial charge < -0.3 is 0 Å². The summed E-state index contributed by atoms with van der Waals surface area (Å²) >= 11 is 0. The number of hydrogen-bond donors (Lipinski definition) is 0. The van der Waals surface area contributed by atoms with Crippen molar-refractivity contribution >= 4 is 0 Å². The SMILES string of the molecule is CC(C)(CC(C)(C)c1ccccc1C#N)c1ccc(C#N)cc1. The van der Waals surface area contributed by atoms with Gasteiger partial charge in [0.25, 0.3) is 0 Å². The van der Waals surface area contributed by atoms with E-state index in [0.29, 0.717) is 5.56 Å². The van der Waals surface area contributed by atoms with E-state index in [1.807, 2.05) is 48.5 Å². The average Bonchev–Trinajstić information content (AvgIpc) is 2.54. The summed E-state index contributed by atoms with van der Waals surface area (Å²) in [6, 6.07) is 20.1. The zero-order valence-electron chi connectivity index (χ0n) is 14.2. The van der Waals surface area contributed by atoms with Gasteiger partial charge in [-0.2, -0.15) is 10.5 Å². The molecule has 0 atom stereocenters. The highest BCUT2D eigenvalue weighted by atomic mass is 14.4. The van der Waals surface area contributed by atoms with Gasteiger partial charge in [0.2, 0.25) is 0 Å². The lowest BCUT2D eigenvalue weighted by Gasteiger charge is -2.36. The van der Waals surface area contributed by atoms with Crippen molar-refractivity contribution in [3.63, 3.8) is 0 Å². The summed E-state index contributed by atoms with van der Waals surface area (Å²) in [5, 5.41) is 18.3. The van der Waals surface area contributed by atoms with E-state index < -0.39 is 0 Å². The van der Waals surface area contributed by atoms with Gasteiger partial charge in [0.15, 0.2) is 0 Å². The van der Waals surface area contributed by atoms with E-state index in [1.165, 1.54) is 5.56 Å². The summed E-state index contributed by atoms with van der Waals surface area (Å²) in [4.78, 5) is 0. The lowest BCUT2D eigenvalue weighted by molar-refractivity contribution is 0.348. The van der Waals surface area contributed by atoms with Gasteiger partial charge in [0.05, 0.1) is 23.3 Å². The Morgan fingerprint density at radius 2 is 1.39 bits per heavy atom. The fourth-order valence-corrected chi connectivity index (χ4v) is 3.47. The molecule has 0 N–H and O–H groups in total. The van der Waals surface area contributed by atoms with Crippen LogP contribution in [-0.4, -0.2) is 0 Å². The molecule has 0 fully saturated rings. The minimum absolute atomic E-state index is 0.0555. The molecule has 23 heavy (non-hydrogen) atoms. The Balaban J connectivity index is 2.34. The van der Waals surface area contributed by atoms with E-state index in [-0.39, 0.29) is 10.8 Å². The van der Waals surface area contributed by atoms with Crippen LogP contribution in [0.25, 0.3) is 0 Å². The van der Waals surface area contributed by atoms with E-state index in [2.05, 4.69) is 39.8 Å². The molecule has 0 aliphatic carbocycles. The van der Waals surface area contributed by atoms with E-state index in [9.17, 15) is 5.26 Å². The fourth-order valence-electron chi connectivity index (χ4n) is 3.47. The third kappa shape index (κ3) is 3.61. The molecule has 2 rings (SSSR count). The molecule has 0 saturated heterocycles. The first-order valence-corrected chi connectivity index (χ1v) is 7.80. The van der Waals surface area contributed by atoms with E-state index in [4.69, 9.17) is 5.26 Å². The molecule has 0 saturated carbocycles. The highest BCUT2D eigenvalue weighted by Crippen LogP contribution is 2.39. The monoisotopic (exact) mass is 302 g/mol. The summed E-state index contributed by atoms with van der Waals surface area (Å²) in [6.07, 6.45) is 0.907. The van der Waals surface area contributed by atoms with Crippen molar-refractivity contribution in [2.75, 3.05) is 0 Å². The highest BCUT2D eigenvalue weighted by molar-refractivity contribution is 5.43. The van der Waals surface area contributed by atoms with Crippen LogP contribution in [0.2, 0.25) is 0 Å². The molecule has 0 aromatic heterocycles. The predicted molar refractivity (Wildman–Crippen MR) is 93.0 cm³/mol. The minimum Gasteiger partial charge on any atom is -0.192 e. The molecule has 0 bridgehead atoms. The molecular formula is C21H22N2. The van der Waals surface area contributed by atoms with Crippen molar-refractivity contribution < 1.29 is 0 Å². The molecule has 0 aliphatic rings. The number of rotatable bonds is 4. The van der Waals surface area contributed by atoms with Gasteiger partial charge in [-0.1, -0.05) is 58.0 Å². The first-order valence-electron chi connectivity index (χ1n) is 7.80. The summed E-state index contributed by atoms with van der Waals surface area (Å²) < 4.78 is 0. The largest absolute Gasteiger partial charge is 0.192 e. The van der Waals surface area contributed by atoms with Gasteiger partial charge in [0.1, 0.15) is 0 Å². The van der Waals surface area contributed by atoms with Crippen LogP contribution in [0, 0.1) is 22.7 Å². The fraction of sp³-hybridized carbons (Fsp3) is 0.333. The maximum absolute atomic E-state index is 9.37. The molecule has 2 heteroatoms. The maximum Gasteiger partial charge on any atom is 0.0994 e. The van der Waals surface area contributed by atoms with Gasteiger partial charge in [-0.3, -0.25) is 0 Å². The second-order valence-corrected chi connectivity index (χ2v) is 7.29. The molecular weight excluding hydrogens is 280 g/mol. The molecule has 0 heterocycles. The standard InChI is InChI=1S/C21H22N2/c1-20(2,18-11-9-16(13-22)10-12-18)15-21(3,4)19-8-6-5-7-17(19)14-23/h5-12H,15H2,1-4H3. The van der Waals surface area contributed by atoms with Gasteiger partial charge in [0, 0.05) is 0 Å². The van der Waals surface area contributed by atoms with Crippen LogP contribution in [0.15, 0.2) is 48.5 Å². The van der Waals surface area contributed by atoms with Crippen LogP contribution < -0.4 is 0 Å². The Bertz CT molecular complexity index is 769.